The topological polar surface area (TPSA) is 63.8 Å². The molecule has 1 N–H and O–H groups in total. The van der Waals surface area contributed by atoms with Gasteiger partial charge >= 0.3 is 0 Å². The molecule has 5 nitrogen and oxygen atoms in total. The summed E-state index contributed by atoms with van der Waals surface area (Å²) in [7, 11) is 1.86. The summed E-state index contributed by atoms with van der Waals surface area (Å²) in [6.45, 7) is 7.85. The monoisotopic (exact) mass is 278 g/mol. The second-order valence-corrected chi connectivity index (χ2v) is 5.51. The van der Waals surface area contributed by atoms with Gasteiger partial charge in [0.25, 0.3) is 0 Å². The molecule has 0 saturated heterocycles. The van der Waals surface area contributed by atoms with E-state index in [4.69, 9.17) is 0 Å². The van der Waals surface area contributed by atoms with Crippen molar-refractivity contribution in [2.24, 2.45) is 7.05 Å². The number of hydrogen-bond donors (Lipinski definition) is 1. The number of nitrogens with zero attached hydrogens (tertiary/aromatic N) is 4. The summed E-state index contributed by atoms with van der Waals surface area (Å²) in [5, 5.41) is 15.3. The molecule has 0 amide bonds. The summed E-state index contributed by atoms with van der Waals surface area (Å²) in [5.41, 5.74) is 4.77. The van der Waals surface area contributed by atoms with Gasteiger partial charge in [0, 0.05) is 24.0 Å². The van der Waals surface area contributed by atoms with Crippen LogP contribution in [0.15, 0.2) is 10.2 Å². The largest absolute Gasteiger partial charge is 0.392 e. The molecule has 2 heterocycles. The molecule has 0 radical (unpaired) electrons. The first-order valence-corrected chi connectivity index (χ1v) is 6.88. The average molecular weight is 278 g/mol. The maximum Gasteiger partial charge on any atom is 0.194 e. The molecule has 2 rings (SSSR count). The van der Waals surface area contributed by atoms with Crippen molar-refractivity contribution in [1.29, 1.82) is 0 Å². The fraction of sp³-hybridized carbons (Fsp3) is 0.462. The number of aliphatic hydroxyl groups is 1. The van der Waals surface area contributed by atoms with Gasteiger partial charge in [-0.25, -0.2) is 9.97 Å². The zero-order valence-corrected chi connectivity index (χ0v) is 12.7. The first-order chi connectivity index (χ1) is 8.93. The van der Waals surface area contributed by atoms with Crippen LogP contribution in [0.5, 0.6) is 0 Å². The van der Waals surface area contributed by atoms with Crippen molar-refractivity contribution in [1.82, 2.24) is 19.7 Å². The fourth-order valence-electron chi connectivity index (χ4n) is 1.86. The van der Waals surface area contributed by atoms with E-state index < -0.39 is 0 Å². The van der Waals surface area contributed by atoms with E-state index in [1.807, 2.05) is 34.7 Å². The van der Waals surface area contributed by atoms with Gasteiger partial charge in [-0.3, -0.25) is 4.68 Å². The summed E-state index contributed by atoms with van der Waals surface area (Å²) in [6, 6.07) is 0. The molecule has 0 fully saturated rings. The Morgan fingerprint density at radius 3 is 2.16 bits per heavy atom. The van der Waals surface area contributed by atoms with E-state index in [-0.39, 0.29) is 6.61 Å². The molecule has 0 aliphatic rings. The predicted octanol–water partition coefficient (Wildman–Crippen LogP) is 2.09. The Morgan fingerprint density at radius 2 is 1.63 bits per heavy atom. The van der Waals surface area contributed by atoms with Crippen molar-refractivity contribution in [3.8, 4) is 0 Å². The highest BCUT2D eigenvalue weighted by atomic mass is 32.2. The van der Waals surface area contributed by atoms with Gasteiger partial charge in [-0.05, 0) is 45.0 Å². The highest BCUT2D eigenvalue weighted by Crippen LogP contribution is 2.30. The van der Waals surface area contributed by atoms with Gasteiger partial charge in [-0.2, -0.15) is 5.10 Å². The molecule has 0 spiro atoms. The minimum absolute atomic E-state index is 0.0220. The molecule has 0 unspecified atom stereocenters. The smallest absolute Gasteiger partial charge is 0.194 e. The lowest BCUT2D eigenvalue weighted by atomic mass is 10.2. The van der Waals surface area contributed by atoms with Crippen LogP contribution < -0.4 is 0 Å². The molecule has 0 bridgehead atoms. The Kier molecular flexibility index (Phi) is 3.91. The quantitative estimate of drug-likeness (QED) is 0.871. The lowest BCUT2D eigenvalue weighted by Gasteiger charge is -2.07. The Bertz CT molecular complexity index is 598. The number of hydrogen-bond acceptors (Lipinski definition) is 5. The van der Waals surface area contributed by atoms with Gasteiger partial charge in [0.05, 0.1) is 12.3 Å². The third-order valence-electron chi connectivity index (χ3n) is 3.25. The SMILES string of the molecule is Cc1nc(Sc2c(CO)c(C)nn2C)nc(C)c1C. The minimum atomic E-state index is -0.0220. The second-order valence-electron chi connectivity index (χ2n) is 4.55. The summed E-state index contributed by atoms with van der Waals surface area (Å²) in [5.74, 6) is 0. The van der Waals surface area contributed by atoms with Crippen LogP contribution in [0.1, 0.15) is 28.2 Å². The van der Waals surface area contributed by atoms with Gasteiger partial charge < -0.3 is 5.11 Å². The standard InChI is InChI=1S/C13H18N4OS/c1-7-8(2)14-13(15-9(7)3)19-12-11(6-18)10(4)16-17(12)5/h18H,6H2,1-5H3. The highest BCUT2D eigenvalue weighted by Gasteiger charge is 2.16. The highest BCUT2D eigenvalue weighted by molar-refractivity contribution is 7.99. The van der Waals surface area contributed by atoms with Crippen LogP contribution in [0.4, 0.5) is 0 Å². The zero-order chi connectivity index (χ0) is 14.2. The van der Waals surface area contributed by atoms with Crippen LogP contribution in [0.3, 0.4) is 0 Å². The van der Waals surface area contributed by atoms with E-state index in [9.17, 15) is 5.11 Å². The van der Waals surface area contributed by atoms with Crippen molar-refractivity contribution >= 4 is 11.8 Å². The molecule has 0 aliphatic heterocycles. The van der Waals surface area contributed by atoms with E-state index >= 15 is 0 Å². The van der Waals surface area contributed by atoms with Crippen LogP contribution in [0.25, 0.3) is 0 Å². The number of aliphatic hydroxyl groups excluding tert-OH is 1. The Hall–Kier alpha value is -1.40. The zero-order valence-electron chi connectivity index (χ0n) is 11.9. The van der Waals surface area contributed by atoms with Crippen LogP contribution in [0, 0.1) is 27.7 Å². The third kappa shape index (κ3) is 2.64. The summed E-state index contributed by atoms with van der Waals surface area (Å²) in [4.78, 5) is 8.97. The lowest BCUT2D eigenvalue weighted by molar-refractivity contribution is 0.277. The van der Waals surface area contributed by atoms with Crippen LogP contribution >= 0.6 is 11.8 Å². The molecule has 6 heteroatoms. The first-order valence-electron chi connectivity index (χ1n) is 6.07. The van der Waals surface area contributed by atoms with Crippen molar-refractivity contribution in [2.75, 3.05) is 0 Å². The van der Waals surface area contributed by atoms with Crippen molar-refractivity contribution in [3.05, 3.63) is 28.2 Å². The van der Waals surface area contributed by atoms with Crippen LogP contribution in [0.2, 0.25) is 0 Å². The van der Waals surface area contributed by atoms with Gasteiger partial charge in [-0.15, -0.1) is 0 Å². The van der Waals surface area contributed by atoms with Gasteiger partial charge in [-0.1, -0.05) is 0 Å². The molecule has 19 heavy (non-hydrogen) atoms. The van der Waals surface area contributed by atoms with E-state index in [1.54, 1.807) is 4.68 Å². The summed E-state index contributed by atoms with van der Waals surface area (Å²) in [6.07, 6.45) is 0. The maximum absolute atomic E-state index is 9.44. The van der Waals surface area contributed by atoms with E-state index in [0.717, 1.165) is 33.2 Å². The molecule has 0 aliphatic carbocycles. The maximum atomic E-state index is 9.44. The average Bonchev–Trinajstić information content (AvgIpc) is 2.60. The van der Waals surface area contributed by atoms with E-state index in [0.29, 0.717) is 5.16 Å². The Balaban J connectivity index is 2.42. The van der Waals surface area contributed by atoms with Gasteiger partial charge in [0.2, 0.25) is 0 Å². The fourth-order valence-corrected chi connectivity index (χ4v) is 2.91. The van der Waals surface area contributed by atoms with Gasteiger partial charge in [0.15, 0.2) is 5.16 Å². The van der Waals surface area contributed by atoms with Gasteiger partial charge in [0.1, 0.15) is 5.03 Å². The molecule has 0 saturated carbocycles. The van der Waals surface area contributed by atoms with E-state index in [1.165, 1.54) is 11.8 Å². The number of aromatic nitrogens is 4. The molecular weight excluding hydrogens is 260 g/mol. The minimum Gasteiger partial charge on any atom is -0.392 e. The molecule has 0 aromatic carbocycles. The van der Waals surface area contributed by atoms with E-state index in [2.05, 4.69) is 15.1 Å². The van der Waals surface area contributed by atoms with Crippen molar-refractivity contribution in [3.63, 3.8) is 0 Å². The predicted molar refractivity (Wildman–Crippen MR) is 74.2 cm³/mol. The number of aryl methyl sites for hydroxylation is 4. The molecule has 2 aromatic heterocycles. The second kappa shape index (κ2) is 5.30. The molecule has 2 aromatic rings. The summed E-state index contributed by atoms with van der Waals surface area (Å²) >= 11 is 1.44. The first kappa shape index (κ1) is 14.0. The normalized spacial score (nSPS) is 11.1. The third-order valence-corrected chi connectivity index (χ3v) is 4.32. The Morgan fingerprint density at radius 1 is 1.05 bits per heavy atom. The molecule has 0 atom stereocenters. The van der Waals surface area contributed by atoms with Crippen LogP contribution in [-0.4, -0.2) is 24.9 Å². The lowest BCUT2D eigenvalue weighted by Crippen LogP contribution is -2.00. The Labute approximate surface area is 117 Å². The summed E-state index contributed by atoms with van der Waals surface area (Å²) < 4.78 is 1.76. The number of rotatable bonds is 3. The van der Waals surface area contributed by atoms with Crippen LogP contribution in [-0.2, 0) is 13.7 Å². The molecule has 102 valence electrons. The molecular formula is C13H18N4OS. The van der Waals surface area contributed by atoms with Crippen molar-refractivity contribution < 1.29 is 5.11 Å². The van der Waals surface area contributed by atoms with Crippen molar-refractivity contribution in [2.45, 2.75) is 44.5 Å².